The highest BCUT2D eigenvalue weighted by atomic mass is 79.9. The van der Waals surface area contributed by atoms with Gasteiger partial charge in [0.1, 0.15) is 11.9 Å². The van der Waals surface area contributed by atoms with Crippen LogP contribution in [0.3, 0.4) is 0 Å². The van der Waals surface area contributed by atoms with Gasteiger partial charge in [-0.1, -0.05) is 0 Å². The molecule has 0 aliphatic carbocycles. The molecular weight excluding hydrogens is 277 g/mol. The van der Waals surface area contributed by atoms with Crippen LogP contribution in [0.4, 0.5) is 10.3 Å². The summed E-state index contributed by atoms with van der Waals surface area (Å²) in [7, 11) is 0. The fraction of sp³-hybridized carbons (Fsp3) is 0. The van der Waals surface area contributed by atoms with Gasteiger partial charge in [0, 0.05) is 4.47 Å². The molecule has 6 heteroatoms. The van der Waals surface area contributed by atoms with Crippen LogP contribution in [0.1, 0.15) is 5.69 Å². The molecule has 0 saturated carbocycles. The molecule has 0 spiro atoms. The first-order chi connectivity index (χ1) is 7.61. The predicted octanol–water partition coefficient (Wildman–Crippen LogP) is 2.70. The number of nitriles is 1. The van der Waals surface area contributed by atoms with Gasteiger partial charge in [0.25, 0.3) is 0 Å². The Kier molecular flexibility index (Phi) is 2.62. The lowest BCUT2D eigenvalue weighted by molar-refractivity contribution is 0.592. The number of anilines is 1. The normalized spacial score (nSPS) is 10.1. The van der Waals surface area contributed by atoms with Crippen LogP contribution in [0.5, 0.6) is 0 Å². The van der Waals surface area contributed by atoms with Gasteiger partial charge in [-0.05, 0) is 34.1 Å². The highest BCUT2D eigenvalue weighted by molar-refractivity contribution is 9.10. The number of nitrogen functional groups attached to an aromatic ring is 1. The summed E-state index contributed by atoms with van der Waals surface area (Å²) in [6.07, 6.45) is 0. The Balaban J connectivity index is 2.55. The zero-order valence-electron chi connectivity index (χ0n) is 7.87. The van der Waals surface area contributed by atoms with Crippen molar-refractivity contribution in [1.82, 2.24) is 4.98 Å². The largest absolute Gasteiger partial charge is 0.419 e. The Morgan fingerprint density at radius 1 is 1.50 bits per heavy atom. The summed E-state index contributed by atoms with van der Waals surface area (Å²) < 4.78 is 18.4. The molecule has 0 aliphatic heterocycles. The second-order valence-corrected chi connectivity index (χ2v) is 3.82. The molecule has 0 unspecified atom stereocenters. The fourth-order valence-electron chi connectivity index (χ4n) is 1.19. The van der Waals surface area contributed by atoms with Gasteiger partial charge in [-0.2, -0.15) is 10.2 Å². The molecule has 16 heavy (non-hydrogen) atoms. The van der Waals surface area contributed by atoms with Crippen molar-refractivity contribution in [3.8, 4) is 17.5 Å². The third-order valence-corrected chi connectivity index (χ3v) is 2.58. The zero-order chi connectivity index (χ0) is 11.7. The molecule has 80 valence electrons. The molecule has 0 fully saturated rings. The van der Waals surface area contributed by atoms with E-state index >= 15 is 0 Å². The molecule has 0 bridgehead atoms. The van der Waals surface area contributed by atoms with Crippen molar-refractivity contribution in [2.24, 2.45) is 0 Å². The van der Waals surface area contributed by atoms with Crippen LogP contribution in [-0.4, -0.2) is 4.98 Å². The first-order valence-corrected chi connectivity index (χ1v) is 5.03. The van der Waals surface area contributed by atoms with Crippen LogP contribution in [-0.2, 0) is 0 Å². The van der Waals surface area contributed by atoms with Crippen LogP contribution in [0.25, 0.3) is 11.5 Å². The molecular formula is C10H5BrFN3O. The van der Waals surface area contributed by atoms with Crippen LogP contribution < -0.4 is 5.73 Å². The van der Waals surface area contributed by atoms with Gasteiger partial charge >= 0.3 is 0 Å². The van der Waals surface area contributed by atoms with Crippen molar-refractivity contribution in [3.63, 3.8) is 0 Å². The van der Waals surface area contributed by atoms with Crippen LogP contribution in [0.15, 0.2) is 27.1 Å². The van der Waals surface area contributed by atoms with Gasteiger partial charge in [-0.25, -0.2) is 4.39 Å². The summed E-state index contributed by atoms with van der Waals surface area (Å²) >= 11 is 3.18. The number of hydrogen-bond donors (Lipinski definition) is 1. The van der Waals surface area contributed by atoms with Crippen molar-refractivity contribution in [2.75, 3.05) is 5.73 Å². The van der Waals surface area contributed by atoms with Gasteiger partial charge in [-0.15, -0.1) is 0 Å². The summed E-state index contributed by atoms with van der Waals surface area (Å²) in [5.41, 5.74) is 5.98. The highest BCUT2D eigenvalue weighted by Crippen LogP contribution is 2.30. The third kappa shape index (κ3) is 1.77. The van der Waals surface area contributed by atoms with Gasteiger partial charge < -0.3 is 10.2 Å². The van der Waals surface area contributed by atoms with E-state index in [9.17, 15) is 4.39 Å². The molecule has 2 N–H and O–H groups in total. The smallest absolute Gasteiger partial charge is 0.231 e. The average molecular weight is 282 g/mol. The van der Waals surface area contributed by atoms with Crippen LogP contribution >= 0.6 is 15.9 Å². The number of benzene rings is 1. The Morgan fingerprint density at radius 2 is 2.25 bits per heavy atom. The number of halogens is 2. The van der Waals surface area contributed by atoms with E-state index in [1.807, 2.05) is 0 Å². The molecule has 2 aromatic rings. The molecule has 1 aromatic carbocycles. The minimum Gasteiger partial charge on any atom is -0.419 e. The third-order valence-electron chi connectivity index (χ3n) is 1.92. The second-order valence-electron chi connectivity index (χ2n) is 2.97. The van der Waals surface area contributed by atoms with E-state index in [1.165, 1.54) is 18.2 Å². The lowest BCUT2D eigenvalue weighted by Crippen LogP contribution is -1.84. The number of nitrogens with two attached hydrogens (primary N) is 1. The van der Waals surface area contributed by atoms with E-state index in [4.69, 9.17) is 15.4 Å². The topological polar surface area (TPSA) is 75.8 Å². The number of aromatic nitrogens is 1. The summed E-state index contributed by atoms with van der Waals surface area (Å²) in [6, 6.07) is 5.84. The Labute approximate surface area is 98.6 Å². The minimum atomic E-state index is -0.379. The molecule has 2 rings (SSSR count). The van der Waals surface area contributed by atoms with Gasteiger partial charge in [-0.3, -0.25) is 0 Å². The van der Waals surface area contributed by atoms with Gasteiger partial charge in [0.15, 0.2) is 0 Å². The van der Waals surface area contributed by atoms with Crippen molar-refractivity contribution < 1.29 is 8.81 Å². The molecule has 0 amide bonds. The van der Waals surface area contributed by atoms with Crippen molar-refractivity contribution in [1.29, 1.82) is 5.26 Å². The molecule has 0 atom stereocenters. The summed E-state index contributed by atoms with van der Waals surface area (Å²) in [4.78, 5) is 3.88. The molecule has 1 heterocycles. The maximum Gasteiger partial charge on any atom is 0.231 e. The van der Waals surface area contributed by atoms with E-state index in [0.29, 0.717) is 10.0 Å². The van der Waals surface area contributed by atoms with Crippen LogP contribution in [0.2, 0.25) is 0 Å². The maximum absolute atomic E-state index is 12.9. The molecule has 0 saturated heterocycles. The Bertz CT molecular complexity index is 588. The highest BCUT2D eigenvalue weighted by Gasteiger charge is 2.14. The lowest BCUT2D eigenvalue weighted by Gasteiger charge is -1.98. The summed E-state index contributed by atoms with van der Waals surface area (Å²) in [5, 5.41) is 8.67. The number of hydrogen-bond acceptors (Lipinski definition) is 4. The first-order valence-electron chi connectivity index (χ1n) is 4.23. The minimum absolute atomic E-state index is 0.0197. The quantitative estimate of drug-likeness (QED) is 0.872. The monoisotopic (exact) mass is 281 g/mol. The van der Waals surface area contributed by atoms with E-state index < -0.39 is 0 Å². The predicted molar refractivity (Wildman–Crippen MR) is 58.7 cm³/mol. The Morgan fingerprint density at radius 3 is 2.81 bits per heavy atom. The number of nitrogens with zero attached hydrogens (tertiary/aromatic N) is 2. The fourth-order valence-corrected chi connectivity index (χ4v) is 1.71. The lowest BCUT2D eigenvalue weighted by atomic mass is 10.2. The Hall–Kier alpha value is -1.87. The van der Waals surface area contributed by atoms with Crippen molar-refractivity contribution in [2.45, 2.75) is 0 Å². The molecule has 0 radical (unpaired) electrons. The first kappa shape index (κ1) is 10.6. The summed E-state index contributed by atoms with van der Waals surface area (Å²) in [5.74, 6) is -0.245. The van der Waals surface area contributed by atoms with E-state index in [2.05, 4.69) is 20.9 Å². The molecule has 4 nitrogen and oxygen atoms in total. The molecule has 1 aromatic heterocycles. The maximum atomic E-state index is 12.9. The van der Waals surface area contributed by atoms with Crippen molar-refractivity contribution in [3.05, 3.63) is 34.2 Å². The summed E-state index contributed by atoms with van der Waals surface area (Å²) in [6.45, 7) is 0. The van der Waals surface area contributed by atoms with Gasteiger partial charge in [0.2, 0.25) is 17.5 Å². The van der Waals surface area contributed by atoms with Gasteiger partial charge in [0.05, 0.1) is 5.56 Å². The van der Waals surface area contributed by atoms with Crippen LogP contribution in [0, 0.1) is 17.1 Å². The second kappa shape index (κ2) is 3.94. The van der Waals surface area contributed by atoms with Crippen molar-refractivity contribution >= 4 is 21.8 Å². The van der Waals surface area contributed by atoms with E-state index in [-0.39, 0.29) is 23.3 Å². The molecule has 0 aliphatic rings. The number of rotatable bonds is 1. The average Bonchev–Trinajstić information content (AvgIpc) is 2.59. The zero-order valence-corrected chi connectivity index (χ0v) is 9.45. The van der Waals surface area contributed by atoms with E-state index in [1.54, 1.807) is 6.07 Å². The van der Waals surface area contributed by atoms with E-state index in [0.717, 1.165) is 0 Å². The standard InChI is InChI=1S/C10H5BrFN3O/c11-7-3-5(12)1-2-6(7)10-15-8(4-13)9(14)16-10/h1-3H,14H2. The SMILES string of the molecule is N#Cc1nc(-c2ccc(F)cc2Br)oc1N. The number of oxazole rings is 1.